The van der Waals surface area contributed by atoms with Crippen LogP contribution in [0.1, 0.15) is 27.2 Å². The summed E-state index contributed by atoms with van der Waals surface area (Å²) >= 11 is 0. The van der Waals surface area contributed by atoms with Crippen molar-refractivity contribution in [3.05, 3.63) is 0 Å². The molecule has 1 fully saturated rings. The molecule has 0 saturated carbocycles. The van der Waals surface area contributed by atoms with E-state index < -0.39 is 0 Å². The van der Waals surface area contributed by atoms with Crippen LogP contribution in [0.3, 0.4) is 0 Å². The SMILES string of the molecule is CC(C)(C)N1CCN(C[C@@H](N)CCN)CC1. The molecule has 1 aliphatic rings. The van der Waals surface area contributed by atoms with Crippen molar-refractivity contribution in [2.75, 3.05) is 39.3 Å². The van der Waals surface area contributed by atoms with Gasteiger partial charge in [0.2, 0.25) is 0 Å². The lowest BCUT2D eigenvalue weighted by atomic mass is 10.0. The summed E-state index contributed by atoms with van der Waals surface area (Å²) in [7, 11) is 0. The fourth-order valence-electron chi connectivity index (χ4n) is 2.24. The number of hydrogen-bond acceptors (Lipinski definition) is 4. The van der Waals surface area contributed by atoms with Gasteiger partial charge in [-0.1, -0.05) is 0 Å². The zero-order chi connectivity index (χ0) is 12.2. The van der Waals surface area contributed by atoms with Crippen LogP contribution >= 0.6 is 0 Å². The fraction of sp³-hybridized carbons (Fsp3) is 1.00. The molecular formula is C12H28N4. The van der Waals surface area contributed by atoms with Gasteiger partial charge in [-0.2, -0.15) is 0 Å². The van der Waals surface area contributed by atoms with Crippen LogP contribution in [-0.2, 0) is 0 Å². The maximum absolute atomic E-state index is 6.00. The molecule has 0 aromatic carbocycles. The second kappa shape index (κ2) is 5.96. The van der Waals surface area contributed by atoms with E-state index in [-0.39, 0.29) is 6.04 Å². The summed E-state index contributed by atoms with van der Waals surface area (Å²) in [6, 6.07) is 0.242. The van der Waals surface area contributed by atoms with Crippen molar-refractivity contribution in [2.24, 2.45) is 11.5 Å². The number of piperazine rings is 1. The van der Waals surface area contributed by atoms with Gasteiger partial charge in [0, 0.05) is 44.3 Å². The van der Waals surface area contributed by atoms with Crippen molar-refractivity contribution >= 4 is 0 Å². The topological polar surface area (TPSA) is 58.5 Å². The summed E-state index contributed by atoms with van der Waals surface area (Å²) in [5.74, 6) is 0. The highest BCUT2D eigenvalue weighted by Crippen LogP contribution is 2.15. The molecule has 1 atom stereocenters. The third-order valence-corrected chi connectivity index (χ3v) is 3.35. The van der Waals surface area contributed by atoms with Gasteiger partial charge in [0.05, 0.1) is 0 Å². The Kier molecular flexibility index (Phi) is 5.18. The number of nitrogens with two attached hydrogens (primary N) is 2. The van der Waals surface area contributed by atoms with E-state index in [4.69, 9.17) is 11.5 Å². The van der Waals surface area contributed by atoms with Crippen molar-refractivity contribution in [3.8, 4) is 0 Å². The molecule has 4 N–H and O–H groups in total. The molecule has 0 amide bonds. The highest BCUT2D eigenvalue weighted by molar-refractivity contribution is 4.83. The normalized spacial score (nSPS) is 22.3. The molecule has 96 valence electrons. The lowest BCUT2D eigenvalue weighted by Crippen LogP contribution is -2.55. The summed E-state index contributed by atoms with van der Waals surface area (Å²) in [6.45, 7) is 13.1. The molecule has 0 aromatic rings. The molecule has 16 heavy (non-hydrogen) atoms. The van der Waals surface area contributed by atoms with Gasteiger partial charge >= 0.3 is 0 Å². The Hall–Kier alpha value is -0.160. The summed E-state index contributed by atoms with van der Waals surface area (Å²) in [6.07, 6.45) is 0.930. The summed E-state index contributed by atoms with van der Waals surface area (Å²) in [4.78, 5) is 5.00. The smallest absolute Gasteiger partial charge is 0.0179 e. The maximum atomic E-state index is 6.00. The Morgan fingerprint density at radius 3 is 2.12 bits per heavy atom. The molecule has 0 aliphatic carbocycles. The first-order valence-electron chi connectivity index (χ1n) is 6.36. The first-order chi connectivity index (χ1) is 7.43. The van der Waals surface area contributed by atoms with E-state index in [1.807, 2.05) is 0 Å². The van der Waals surface area contributed by atoms with E-state index in [0.717, 1.165) is 39.1 Å². The third kappa shape index (κ3) is 4.37. The predicted molar refractivity (Wildman–Crippen MR) is 69.4 cm³/mol. The van der Waals surface area contributed by atoms with Gasteiger partial charge in [0.15, 0.2) is 0 Å². The lowest BCUT2D eigenvalue weighted by molar-refractivity contribution is 0.0596. The minimum atomic E-state index is 0.242. The molecule has 1 heterocycles. The van der Waals surface area contributed by atoms with Crippen LogP contribution in [0.25, 0.3) is 0 Å². The Bertz CT molecular complexity index is 192. The molecule has 4 nitrogen and oxygen atoms in total. The summed E-state index contributed by atoms with van der Waals surface area (Å²) < 4.78 is 0. The molecule has 1 aliphatic heterocycles. The van der Waals surface area contributed by atoms with Crippen molar-refractivity contribution in [3.63, 3.8) is 0 Å². The van der Waals surface area contributed by atoms with Crippen molar-refractivity contribution in [1.82, 2.24) is 9.80 Å². The first kappa shape index (κ1) is 13.9. The number of hydrogen-bond donors (Lipinski definition) is 2. The van der Waals surface area contributed by atoms with E-state index in [9.17, 15) is 0 Å². The van der Waals surface area contributed by atoms with E-state index in [1.54, 1.807) is 0 Å². The van der Waals surface area contributed by atoms with Gasteiger partial charge in [-0.05, 0) is 33.7 Å². The zero-order valence-electron chi connectivity index (χ0n) is 11.1. The highest BCUT2D eigenvalue weighted by atomic mass is 15.3. The molecule has 0 radical (unpaired) electrons. The average molecular weight is 228 g/mol. The van der Waals surface area contributed by atoms with Crippen LogP contribution in [0, 0.1) is 0 Å². The molecule has 0 aromatic heterocycles. The van der Waals surface area contributed by atoms with E-state index in [0.29, 0.717) is 12.1 Å². The van der Waals surface area contributed by atoms with Crippen LogP contribution in [0.5, 0.6) is 0 Å². The van der Waals surface area contributed by atoms with Gasteiger partial charge in [0.25, 0.3) is 0 Å². The van der Waals surface area contributed by atoms with E-state index in [1.165, 1.54) is 0 Å². The van der Waals surface area contributed by atoms with E-state index >= 15 is 0 Å². The Balaban J connectivity index is 2.27. The first-order valence-corrected chi connectivity index (χ1v) is 6.36. The van der Waals surface area contributed by atoms with Gasteiger partial charge < -0.3 is 11.5 Å². The molecule has 0 unspecified atom stereocenters. The lowest BCUT2D eigenvalue weighted by Gasteiger charge is -2.42. The quantitative estimate of drug-likeness (QED) is 0.715. The van der Waals surface area contributed by atoms with Crippen molar-refractivity contribution in [1.29, 1.82) is 0 Å². The molecule has 0 bridgehead atoms. The zero-order valence-corrected chi connectivity index (χ0v) is 11.1. The third-order valence-electron chi connectivity index (χ3n) is 3.35. The fourth-order valence-corrected chi connectivity index (χ4v) is 2.24. The minimum absolute atomic E-state index is 0.242. The Labute approximate surface area is 99.9 Å². The van der Waals surface area contributed by atoms with Gasteiger partial charge in [-0.25, -0.2) is 0 Å². The Morgan fingerprint density at radius 1 is 1.12 bits per heavy atom. The molecule has 1 rings (SSSR count). The number of nitrogens with zero attached hydrogens (tertiary/aromatic N) is 2. The monoisotopic (exact) mass is 228 g/mol. The van der Waals surface area contributed by atoms with Gasteiger partial charge in [-0.15, -0.1) is 0 Å². The summed E-state index contributed by atoms with van der Waals surface area (Å²) in [5, 5.41) is 0. The summed E-state index contributed by atoms with van der Waals surface area (Å²) in [5.41, 5.74) is 11.8. The van der Waals surface area contributed by atoms with Crippen molar-refractivity contribution in [2.45, 2.75) is 38.8 Å². The molecule has 0 spiro atoms. The van der Waals surface area contributed by atoms with Gasteiger partial charge in [0.1, 0.15) is 0 Å². The average Bonchev–Trinajstić information content (AvgIpc) is 2.17. The van der Waals surface area contributed by atoms with Crippen LogP contribution in [0.2, 0.25) is 0 Å². The number of rotatable bonds is 4. The van der Waals surface area contributed by atoms with E-state index in [2.05, 4.69) is 30.6 Å². The van der Waals surface area contributed by atoms with Crippen LogP contribution < -0.4 is 11.5 Å². The second-order valence-corrected chi connectivity index (χ2v) is 5.80. The van der Waals surface area contributed by atoms with Crippen LogP contribution in [0.4, 0.5) is 0 Å². The Morgan fingerprint density at radius 2 is 1.69 bits per heavy atom. The molecule has 1 saturated heterocycles. The van der Waals surface area contributed by atoms with Crippen molar-refractivity contribution < 1.29 is 0 Å². The molecule has 4 heteroatoms. The maximum Gasteiger partial charge on any atom is 0.0179 e. The highest BCUT2D eigenvalue weighted by Gasteiger charge is 2.26. The standard InChI is InChI=1S/C12H28N4/c1-12(2,3)16-8-6-15(7-9-16)10-11(14)4-5-13/h11H,4-10,13-14H2,1-3H3/t11-/m0/s1. The largest absolute Gasteiger partial charge is 0.330 e. The van der Waals surface area contributed by atoms with Crippen LogP contribution in [-0.4, -0.2) is 60.6 Å². The second-order valence-electron chi connectivity index (χ2n) is 5.80. The van der Waals surface area contributed by atoms with Crippen LogP contribution in [0.15, 0.2) is 0 Å². The predicted octanol–water partition coefficient (Wildman–Crippen LogP) is 0.0786. The molecular weight excluding hydrogens is 200 g/mol. The minimum Gasteiger partial charge on any atom is -0.330 e. The van der Waals surface area contributed by atoms with Gasteiger partial charge in [-0.3, -0.25) is 9.80 Å².